The first-order chi connectivity index (χ1) is 21.2. The minimum atomic E-state index is -4.95. The Bertz CT molecular complexity index is 1750. The lowest BCUT2D eigenvalue weighted by molar-refractivity contribution is -0.137. The van der Waals surface area contributed by atoms with Crippen LogP contribution < -0.4 is 20.7 Å². The van der Waals surface area contributed by atoms with Crippen LogP contribution in [0.15, 0.2) is 48.9 Å². The first-order valence-electron chi connectivity index (χ1n) is 13.1. The second-order valence-electron chi connectivity index (χ2n) is 9.56. The van der Waals surface area contributed by atoms with E-state index < -0.39 is 48.6 Å². The van der Waals surface area contributed by atoms with Gasteiger partial charge in [-0.1, -0.05) is 6.07 Å². The van der Waals surface area contributed by atoms with Crippen molar-refractivity contribution in [2.75, 3.05) is 31.4 Å². The molecule has 0 radical (unpaired) electrons. The number of benzene rings is 2. The summed E-state index contributed by atoms with van der Waals surface area (Å²) in [6.45, 7) is 0.276. The molecule has 2 aromatic carbocycles. The smallest absolute Gasteiger partial charge is 0.421 e. The number of aliphatic hydroxyl groups excluding tert-OH is 1. The highest BCUT2D eigenvalue weighted by atomic mass is 31.2. The Hall–Kier alpha value is -4.57. The van der Waals surface area contributed by atoms with Crippen LogP contribution in [-0.2, 0) is 23.4 Å². The zero-order valence-electron chi connectivity index (χ0n) is 23.8. The highest BCUT2D eigenvalue weighted by Gasteiger charge is 2.36. The zero-order valence-corrected chi connectivity index (χ0v) is 24.7. The second-order valence-corrected chi connectivity index (χ2v) is 11.2. The number of alkyl halides is 3. The fourth-order valence-electron chi connectivity index (χ4n) is 4.28. The molecule has 1 amide bonds. The maximum Gasteiger partial charge on any atom is 0.421 e. The summed E-state index contributed by atoms with van der Waals surface area (Å²) in [4.78, 5) is 38.9. The number of hydrogen-bond acceptors (Lipinski definition) is 9. The molecule has 2 aromatic heterocycles. The molecule has 4 rings (SSSR count). The molecule has 13 nitrogen and oxygen atoms in total. The van der Waals surface area contributed by atoms with E-state index in [0.717, 1.165) is 0 Å². The number of rotatable bonds is 12. The predicted molar refractivity (Wildman–Crippen MR) is 155 cm³/mol. The molecule has 0 fully saturated rings. The van der Waals surface area contributed by atoms with Crippen LogP contribution in [0.1, 0.15) is 27.9 Å². The summed E-state index contributed by atoms with van der Waals surface area (Å²) in [6.07, 6.45) is -1.75. The highest BCUT2D eigenvalue weighted by Crippen LogP contribution is 2.41. The van der Waals surface area contributed by atoms with E-state index in [1.807, 2.05) is 0 Å². The van der Waals surface area contributed by atoms with Crippen molar-refractivity contribution in [2.45, 2.75) is 25.3 Å². The molecule has 0 unspecified atom stereocenters. The Kier molecular flexibility index (Phi) is 10.1. The van der Waals surface area contributed by atoms with E-state index in [1.54, 1.807) is 0 Å². The molecule has 0 saturated carbocycles. The number of carbonyl (C=O) groups excluding carboxylic acids is 1. The number of aliphatic hydroxyl groups is 1. The number of carbonyl (C=O) groups is 1. The number of aromatic nitrogens is 4. The third-order valence-electron chi connectivity index (χ3n) is 6.33. The van der Waals surface area contributed by atoms with Gasteiger partial charge in [0.05, 0.1) is 36.4 Å². The number of halogens is 4. The first-order valence-corrected chi connectivity index (χ1v) is 14.9. The summed E-state index contributed by atoms with van der Waals surface area (Å²) in [6, 6.07) is 6.59. The molecule has 45 heavy (non-hydrogen) atoms. The standard InChI is InChI=1S/C27H28F4N7O6P/c1-32-25(40)22-20(7-5-17(23(22)28)16-11-34-38(13-16)8-3-9-39)35-24-18(27(29,30)31)12-33-26(37-24)36-19-6-4-15(10-21(19)44-2)14-45(41,42)43/h4-7,10-13,39H,3,8-9,14H2,1-2H3,(H,32,40)(H2,41,42,43)(H2,33,35,36,37). The van der Waals surface area contributed by atoms with Crippen LogP contribution in [0.2, 0.25) is 0 Å². The Balaban J connectivity index is 1.73. The quantitative estimate of drug-likeness (QED) is 0.0941. The first kappa shape index (κ1) is 33.3. The fraction of sp³-hybridized carbons (Fsp3) is 0.259. The molecule has 2 heterocycles. The van der Waals surface area contributed by atoms with Crippen LogP contribution in [0.3, 0.4) is 0 Å². The summed E-state index contributed by atoms with van der Waals surface area (Å²) in [7, 11) is -1.87. The lowest BCUT2D eigenvalue weighted by Crippen LogP contribution is -2.22. The largest absolute Gasteiger partial charge is 0.495 e. The van der Waals surface area contributed by atoms with Gasteiger partial charge in [-0.05, 0) is 36.2 Å². The van der Waals surface area contributed by atoms with E-state index in [-0.39, 0.29) is 40.8 Å². The van der Waals surface area contributed by atoms with Crippen molar-refractivity contribution >= 4 is 36.6 Å². The second kappa shape index (κ2) is 13.6. The SMILES string of the molecule is CNC(=O)c1c(Nc2nc(Nc3ccc(CP(=O)(O)O)cc3OC)ncc2C(F)(F)F)ccc(-c2cnn(CCCO)c2)c1F. The van der Waals surface area contributed by atoms with E-state index in [4.69, 9.17) is 9.84 Å². The minimum Gasteiger partial charge on any atom is -0.495 e. The maximum atomic E-state index is 15.8. The molecule has 18 heteroatoms. The van der Waals surface area contributed by atoms with Crippen LogP contribution in [0, 0.1) is 5.82 Å². The van der Waals surface area contributed by atoms with Crippen LogP contribution in [0.5, 0.6) is 5.75 Å². The summed E-state index contributed by atoms with van der Waals surface area (Å²) >= 11 is 0. The number of methoxy groups -OCH3 is 1. The molecular weight excluding hydrogens is 625 g/mol. The van der Waals surface area contributed by atoms with Crippen molar-refractivity contribution in [3.05, 3.63) is 71.4 Å². The third-order valence-corrected chi connectivity index (χ3v) is 7.11. The van der Waals surface area contributed by atoms with Crippen molar-refractivity contribution in [3.8, 4) is 16.9 Å². The lowest BCUT2D eigenvalue weighted by Gasteiger charge is -2.18. The van der Waals surface area contributed by atoms with Gasteiger partial charge in [0, 0.05) is 43.7 Å². The van der Waals surface area contributed by atoms with Crippen molar-refractivity contribution in [3.63, 3.8) is 0 Å². The Labute approximate surface area is 253 Å². The number of ether oxygens (including phenoxy) is 1. The van der Waals surface area contributed by atoms with Gasteiger partial charge in [0.25, 0.3) is 5.91 Å². The molecule has 0 aliphatic rings. The van der Waals surface area contributed by atoms with Gasteiger partial charge in [0.2, 0.25) is 5.95 Å². The van der Waals surface area contributed by atoms with Gasteiger partial charge in [-0.15, -0.1) is 0 Å². The van der Waals surface area contributed by atoms with Crippen LogP contribution in [-0.4, -0.2) is 61.3 Å². The van der Waals surface area contributed by atoms with E-state index in [9.17, 15) is 32.3 Å². The topological polar surface area (TPSA) is 184 Å². The Morgan fingerprint density at radius 1 is 1.11 bits per heavy atom. The summed E-state index contributed by atoms with van der Waals surface area (Å²) < 4.78 is 75.9. The molecule has 0 aliphatic heterocycles. The van der Waals surface area contributed by atoms with Gasteiger partial charge >= 0.3 is 13.8 Å². The van der Waals surface area contributed by atoms with Crippen molar-refractivity contribution in [1.29, 1.82) is 0 Å². The number of nitrogens with zero attached hydrogens (tertiary/aromatic N) is 4. The van der Waals surface area contributed by atoms with Crippen molar-refractivity contribution in [1.82, 2.24) is 25.1 Å². The van der Waals surface area contributed by atoms with Gasteiger partial charge in [-0.25, -0.2) is 9.37 Å². The maximum absolute atomic E-state index is 15.8. The number of amides is 1. The van der Waals surface area contributed by atoms with Gasteiger partial charge in [0.15, 0.2) is 0 Å². The number of anilines is 4. The lowest BCUT2D eigenvalue weighted by atomic mass is 10.0. The summed E-state index contributed by atoms with van der Waals surface area (Å²) in [5.41, 5.74) is -1.55. The van der Waals surface area contributed by atoms with Crippen LogP contribution in [0.25, 0.3) is 11.1 Å². The molecule has 240 valence electrons. The van der Waals surface area contributed by atoms with E-state index >= 15 is 4.39 Å². The Morgan fingerprint density at radius 2 is 1.84 bits per heavy atom. The number of nitrogens with one attached hydrogen (secondary N) is 3. The molecule has 0 bridgehead atoms. The van der Waals surface area contributed by atoms with Gasteiger partial charge < -0.3 is 35.6 Å². The predicted octanol–water partition coefficient (Wildman–Crippen LogP) is 4.41. The molecule has 6 N–H and O–H groups in total. The van der Waals surface area contributed by atoms with Gasteiger partial charge in [-0.2, -0.15) is 23.3 Å². The molecule has 0 spiro atoms. The summed E-state index contributed by atoms with van der Waals surface area (Å²) in [5, 5.41) is 20.5. The van der Waals surface area contributed by atoms with Gasteiger partial charge in [-0.3, -0.25) is 14.0 Å². The van der Waals surface area contributed by atoms with Crippen molar-refractivity contribution < 1.29 is 46.6 Å². The van der Waals surface area contributed by atoms with E-state index in [2.05, 4.69) is 31.0 Å². The fourth-order valence-corrected chi connectivity index (χ4v) is 4.95. The van der Waals surface area contributed by atoms with E-state index in [0.29, 0.717) is 24.7 Å². The number of hydrogen-bond donors (Lipinski definition) is 6. The monoisotopic (exact) mass is 653 g/mol. The van der Waals surface area contributed by atoms with Crippen molar-refractivity contribution in [2.24, 2.45) is 0 Å². The average Bonchev–Trinajstić information content (AvgIpc) is 3.44. The minimum absolute atomic E-state index is 0.0372. The van der Waals surface area contributed by atoms with E-state index in [1.165, 1.54) is 61.6 Å². The molecule has 0 atom stereocenters. The average molecular weight is 654 g/mol. The highest BCUT2D eigenvalue weighted by molar-refractivity contribution is 7.50. The Morgan fingerprint density at radius 3 is 2.49 bits per heavy atom. The molecule has 0 saturated heterocycles. The van der Waals surface area contributed by atoms with Crippen LogP contribution in [0.4, 0.5) is 40.7 Å². The third kappa shape index (κ3) is 8.13. The molecular formula is C27H28F4N7O6P. The zero-order chi connectivity index (χ0) is 32.9. The molecule has 4 aromatic rings. The normalized spacial score (nSPS) is 11.8. The van der Waals surface area contributed by atoms with Crippen LogP contribution >= 0.6 is 7.60 Å². The number of aryl methyl sites for hydroxylation is 1. The van der Waals surface area contributed by atoms with Gasteiger partial charge in [0.1, 0.15) is 22.9 Å². The molecule has 0 aliphatic carbocycles. The summed E-state index contributed by atoms with van der Waals surface area (Å²) in [5.74, 6) is -3.00.